The predicted octanol–water partition coefficient (Wildman–Crippen LogP) is 4.69. The highest BCUT2D eigenvalue weighted by Crippen LogP contribution is 2.32. The first-order valence-electron chi connectivity index (χ1n) is 12.9. The van der Waals surface area contributed by atoms with E-state index in [1.54, 1.807) is 12.4 Å². The van der Waals surface area contributed by atoms with Crippen molar-refractivity contribution in [3.8, 4) is 22.8 Å². The van der Waals surface area contributed by atoms with E-state index in [9.17, 15) is 4.79 Å². The van der Waals surface area contributed by atoms with Gasteiger partial charge in [-0.05, 0) is 56.4 Å². The van der Waals surface area contributed by atoms with Crippen molar-refractivity contribution in [1.29, 1.82) is 0 Å². The molecular weight excluding hydrogens is 466 g/mol. The molecule has 1 saturated carbocycles. The summed E-state index contributed by atoms with van der Waals surface area (Å²) in [5.74, 6) is 0.802. The monoisotopic (exact) mass is 493 g/mol. The van der Waals surface area contributed by atoms with E-state index in [0.717, 1.165) is 66.0 Å². The van der Waals surface area contributed by atoms with E-state index in [4.69, 9.17) is 9.97 Å². The molecule has 5 aromatic rings. The lowest BCUT2D eigenvalue weighted by molar-refractivity contribution is -0.122. The zero-order valence-electron chi connectivity index (χ0n) is 20.4. The number of pyridine rings is 3. The standard InChI is InChI=1S/C27H27N9O/c37-27(16-5-4-6-16)30-18-13-17(14-28-15-18)19-7-8-20-22(31-19)24(35-34-20)26-32-23-21(9-10-29-25(23)33-26)36-11-2-1-3-12-36/h7-10,13-16H,1-6,11-12H2,(H,30,37)(H,34,35)(H,29,32,33). The molecule has 0 atom stereocenters. The fraction of sp³-hybridized carbons (Fsp3) is 0.333. The average Bonchev–Trinajstić information content (AvgIpc) is 3.52. The molecule has 186 valence electrons. The SMILES string of the molecule is O=C(Nc1cncc(-c2ccc3[nH]nc(-c4nc5c(N6CCCCC6)ccnc5[nH]4)c3n2)c1)C1CCC1. The summed E-state index contributed by atoms with van der Waals surface area (Å²) in [7, 11) is 0. The van der Waals surface area contributed by atoms with Crippen LogP contribution < -0.4 is 10.2 Å². The molecule has 10 nitrogen and oxygen atoms in total. The summed E-state index contributed by atoms with van der Waals surface area (Å²) in [4.78, 5) is 36.8. The molecule has 6 heterocycles. The Bertz CT molecular complexity index is 1610. The fourth-order valence-electron chi connectivity index (χ4n) is 5.19. The molecule has 5 aromatic heterocycles. The molecule has 2 aliphatic rings. The van der Waals surface area contributed by atoms with Crippen molar-refractivity contribution >= 4 is 39.5 Å². The molecule has 10 heteroatoms. The second-order valence-corrected chi connectivity index (χ2v) is 9.90. The van der Waals surface area contributed by atoms with Gasteiger partial charge in [-0.3, -0.25) is 14.9 Å². The Morgan fingerprint density at radius 2 is 1.89 bits per heavy atom. The van der Waals surface area contributed by atoms with Crippen molar-refractivity contribution in [2.75, 3.05) is 23.3 Å². The van der Waals surface area contributed by atoms with E-state index in [-0.39, 0.29) is 11.8 Å². The minimum absolute atomic E-state index is 0.0631. The van der Waals surface area contributed by atoms with E-state index in [1.807, 2.05) is 30.5 Å². The number of rotatable bonds is 5. The van der Waals surface area contributed by atoms with Crippen LogP contribution in [0.4, 0.5) is 11.4 Å². The Kier molecular flexibility index (Phi) is 5.30. The number of aromatic nitrogens is 7. The van der Waals surface area contributed by atoms with E-state index in [2.05, 4.69) is 35.4 Å². The van der Waals surface area contributed by atoms with E-state index in [0.29, 0.717) is 22.7 Å². The van der Waals surface area contributed by atoms with Crippen LogP contribution in [0.1, 0.15) is 38.5 Å². The van der Waals surface area contributed by atoms with Crippen molar-refractivity contribution in [3.63, 3.8) is 0 Å². The number of nitrogens with zero attached hydrogens (tertiary/aromatic N) is 6. The molecule has 0 aromatic carbocycles. The van der Waals surface area contributed by atoms with Crippen LogP contribution in [-0.2, 0) is 4.79 Å². The largest absolute Gasteiger partial charge is 0.370 e. The van der Waals surface area contributed by atoms with Gasteiger partial charge in [0.05, 0.1) is 28.8 Å². The predicted molar refractivity (Wildman–Crippen MR) is 142 cm³/mol. The first-order chi connectivity index (χ1) is 18.2. The number of imidazole rings is 1. The Labute approximate surface area is 213 Å². The van der Waals surface area contributed by atoms with Gasteiger partial charge in [0, 0.05) is 37.0 Å². The maximum absolute atomic E-state index is 12.4. The summed E-state index contributed by atoms with van der Waals surface area (Å²) in [5.41, 5.74) is 7.09. The van der Waals surface area contributed by atoms with Gasteiger partial charge in [-0.25, -0.2) is 15.0 Å². The number of H-pyrrole nitrogens is 2. The quantitative estimate of drug-likeness (QED) is 0.324. The zero-order chi connectivity index (χ0) is 24.8. The lowest BCUT2D eigenvalue weighted by Crippen LogP contribution is -2.29. The molecule has 0 spiro atoms. The topological polar surface area (TPSA) is 128 Å². The number of piperidine rings is 1. The van der Waals surface area contributed by atoms with Crippen LogP contribution in [0, 0.1) is 5.92 Å². The van der Waals surface area contributed by atoms with Crippen molar-refractivity contribution in [1.82, 2.24) is 35.1 Å². The molecule has 2 fully saturated rings. The number of carbonyl (C=O) groups is 1. The van der Waals surface area contributed by atoms with Gasteiger partial charge in [0.2, 0.25) is 5.91 Å². The average molecular weight is 494 g/mol. The third kappa shape index (κ3) is 3.98. The van der Waals surface area contributed by atoms with Gasteiger partial charge in [-0.1, -0.05) is 6.42 Å². The van der Waals surface area contributed by atoms with Gasteiger partial charge < -0.3 is 15.2 Å². The summed E-state index contributed by atoms with van der Waals surface area (Å²) >= 11 is 0. The number of aromatic amines is 2. The lowest BCUT2D eigenvalue weighted by Gasteiger charge is -2.28. The molecule has 37 heavy (non-hydrogen) atoms. The second-order valence-electron chi connectivity index (χ2n) is 9.90. The normalized spacial score (nSPS) is 16.3. The molecule has 1 aliphatic heterocycles. The van der Waals surface area contributed by atoms with Gasteiger partial charge in [0.25, 0.3) is 0 Å². The fourth-order valence-corrected chi connectivity index (χ4v) is 5.19. The minimum atomic E-state index is 0.0631. The maximum Gasteiger partial charge on any atom is 0.227 e. The third-order valence-corrected chi connectivity index (χ3v) is 7.47. The van der Waals surface area contributed by atoms with Crippen molar-refractivity contribution in [3.05, 3.63) is 42.9 Å². The number of amides is 1. The second kappa shape index (κ2) is 8.95. The molecule has 7 rings (SSSR count). The summed E-state index contributed by atoms with van der Waals surface area (Å²) in [6.45, 7) is 2.07. The van der Waals surface area contributed by atoms with Crippen molar-refractivity contribution < 1.29 is 4.79 Å². The molecular formula is C27H27N9O. The number of nitrogens with one attached hydrogen (secondary N) is 3. The van der Waals surface area contributed by atoms with Crippen LogP contribution in [0.2, 0.25) is 0 Å². The Morgan fingerprint density at radius 3 is 2.73 bits per heavy atom. The Balaban J connectivity index is 1.23. The lowest BCUT2D eigenvalue weighted by atomic mass is 9.85. The van der Waals surface area contributed by atoms with Crippen LogP contribution in [0.5, 0.6) is 0 Å². The summed E-state index contributed by atoms with van der Waals surface area (Å²) in [6, 6.07) is 7.83. The van der Waals surface area contributed by atoms with Gasteiger partial charge in [-0.2, -0.15) is 5.10 Å². The van der Waals surface area contributed by atoms with Crippen molar-refractivity contribution in [2.45, 2.75) is 38.5 Å². The number of carbonyl (C=O) groups excluding carboxylic acids is 1. The molecule has 0 bridgehead atoms. The third-order valence-electron chi connectivity index (χ3n) is 7.47. The van der Waals surface area contributed by atoms with Gasteiger partial charge in [0.1, 0.15) is 11.0 Å². The molecule has 0 unspecified atom stereocenters. The summed E-state index contributed by atoms with van der Waals surface area (Å²) in [6.07, 6.45) is 11.9. The maximum atomic E-state index is 12.4. The van der Waals surface area contributed by atoms with Crippen molar-refractivity contribution in [2.24, 2.45) is 5.92 Å². The zero-order valence-corrected chi connectivity index (χ0v) is 20.4. The molecule has 0 radical (unpaired) electrons. The van der Waals surface area contributed by atoms with E-state index < -0.39 is 0 Å². The molecule has 3 N–H and O–H groups in total. The summed E-state index contributed by atoms with van der Waals surface area (Å²) < 4.78 is 0. The summed E-state index contributed by atoms with van der Waals surface area (Å²) in [5, 5.41) is 10.6. The van der Waals surface area contributed by atoms with Crippen LogP contribution in [-0.4, -0.2) is 54.1 Å². The molecule has 1 aliphatic carbocycles. The van der Waals surface area contributed by atoms with Crippen LogP contribution >= 0.6 is 0 Å². The number of anilines is 2. The highest BCUT2D eigenvalue weighted by Gasteiger charge is 2.25. The smallest absolute Gasteiger partial charge is 0.227 e. The van der Waals surface area contributed by atoms with E-state index >= 15 is 0 Å². The first kappa shape index (κ1) is 21.9. The van der Waals surface area contributed by atoms with Gasteiger partial charge >= 0.3 is 0 Å². The van der Waals surface area contributed by atoms with Gasteiger partial charge in [0.15, 0.2) is 17.2 Å². The number of hydrogen-bond donors (Lipinski definition) is 3. The first-order valence-corrected chi connectivity index (χ1v) is 12.9. The van der Waals surface area contributed by atoms with Gasteiger partial charge in [-0.15, -0.1) is 0 Å². The molecule has 1 saturated heterocycles. The van der Waals surface area contributed by atoms with Crippen LogP contribution in [0.25, 0.3) is 45.0 Å². The minimum Gasteiger partial charge on any atom is -0.370 e. The molecule has 1 amide bonds. The highest BCUT2D eigenvalue weighted by molar-refractivity contribution is 5.95. The van der Waals surface area contributed by atoms with Crippen LogP contribution in [0.15, 0.2) is 42.9 Å². The number of fused-ring (bicyclic) bond motifs is 2. The highest BCUT2D eigenvalue weighted by atomic mass is 16.1. The Morgan fingerprint density at radius 1 is 1.00 bits per heavy atom. The van der Waals surface area contributed by atoms with E-state index in [1.165, 1.54) is 19.3 Å². The Hall–Kier alpha value is -4.34. The number of hydrogen-bond acceptors (Lipinski definition) is 7. The van der Waals surface area contributed by atoms with Crippen LogP contribution in [0.3, 0.4) is 0 Å².